The Labute approximate surface area is 78.9 Å². The van der Waals surface area contributed by atoms with Crippen LogP contribution in [0.15, 0.2) is 30.3 Å². The summed E-state index contributed by atoms with van der Waals surface area (Å²) >= 11 is 0. The molecule has 1 aliphatic rings. The fourth-order valence-corrected chi connectivity index (χ4v) is 1.63. The van der Waals surface area contributed by atoms with Crippen molar-refractivity contribution in [2.75, 3.05) is 19.7 Å². The molecule has 0 bridgehead atoms. The lowest BCUT2D eigenvalue weighted by Crippen LogP contribution is -2.39. The molecule has 2 nitrogen and oxygen atoms in total. The second-order valence-corrected chi connectivity index (χ2v) is 3.39. The van der Waals surface area contributed by atoms with Crippen molar-refractivity contribution in [1.29, 1.82) is 0 Å². The molecular weight excluding hydrogens is 162 g/mol. The van der Waals surface area contributed by atoms with E-state index >= 15 is 0 Å². The largest absolute Gasteiger partial charge is 0.375 e. The van der Waals surface area contributed by atoms with E-state index in [4.69, 9.17) is 4.74 Å². The summed E-state index contributed by atoms with van der Waals surface area (Å²) in [7, 11) is 0. The summed E-state index contributed by atoms with van der Waals surface area (Å²) in [5.74, 6) is 0. The minimum atomic E-state index is 0.358. The molecule has 0 aromatic heterocycles. The monoisotopic (exact) mass is 177 g/mol. The number of benzene rings is 1. The molecule has 1 unspecified atom stereocenters. The number of nitrogens with one attached hydrogen (secondary N) is 1. The summed E-state index contributed by atoms with van der Waals surface area (Å²) in [6, 6.07) is 10.5. The summed E-state index contributed by atoms with van der Waals surface area (Å²) in [5, 5.41) is 3.33. The van der Waals surface area contributed by atoms with Crippen molar-refractivity contribution in [1.82, 2.24) is 5.32 Å². The lowest BCUT2D eigenvalue weighted by Gasteiger charge is -2.23. The average Bonchev–Trinajstić information content (AvgIpc) is 2.21. The van der Waals surface area contributed by atoms with Crippen LogP contribution in [0.5, 0.6) is 0 Å². The van der Waals surface area contributed by atoms with Crippen LogP contribution in [-0.2, 0) is 11.2 Å². The lowest BCUT2D eigenvalue weighted by molar-refractivity contribution is 0.0292. The van der Waals surface area contributed by atoms with Gasteiger partial charge in [0, 0.05) is 13.1 Å². The lowest BCUT2D eigenvalue weighted by atomic mass is 10.1. The maximum Gasteiger partial charge on any atom is 0.0740 e. The fraction of sp³-hybridized carbons (Fsp3) is 0.455. The van der Waals surface area contributed by atoms with Crippen LogP contribution in [0.1, 0.15) is 5.56 Å². The van der Waals surface area contributed by atoms with E-state index in [1.165, 1.54) is 5.56 Å². The maximum atomic E-state index is 5.62. The number of rotatable bonds is 2. The highest BCUT2D eigenvalue weighted by Gasteiger charge is 2.12. The van der Waals surface area contributed by atoms with Crippen LogP contribution in [0.4, 0.5) is 0 Å². The molecule has 0 spiro atoms. The molecule has 1 aromatic rings. The highest BCUT2D eigenvalue weighted by atomic mass is 16.5. The third-order valence-electron chi connectivity index (χ3n) is 2.31. The summed E-state index contributed by atoms with van der Waals surface area (Å²) in [4.78, 5) is 0. The van der Waals surface area contributed by atoms with Gasteiger partial charge in [-0.25, -0.2) is 0 Å². The van der Waals surface area contributed by atoms with Crippen LogP contribution in [0.2, 0.25) is 0 Å². The Morgan fingerprint density at radius 1 is 1.31 bits per heavy atom. The van der Waals surface area contributed by atoms with Gasteiger partial charge in [0.2, 0.25) is 0 Å². The van der Waals surface area contributed by atoms with Gasteiger partial charge in [0.25, 0.3) is 0 Å². The molecule has 1 aromatic carbocycles. The molecule has 0 saturated carbocycles. The molecule has 1 fully saturated rings. The second kappa shape index (κ2) is 4.40. The SMILES string of the molecule is c1ccc(CC2CNCCO2)cc1. The molecule has 0 radical (unpaired) electrons. The molecule has 1 heterocycles. The molecule has 13 heavy (non-hydrogen) atoms. The van der Waals surface area contributed by atoms with E-state index in [9.17, 15) is 0 Å². The molecule has 1 atom stereocenters. The third-order valence-corrected chi connectivity index (χ3v) is 2.31. The first-order valence-electron chi connectivity index (χ1n) is 4.81. The summed E-state index contributed by atoms with van der Waals surface area (Å²) < 4.78 is 5.62. The second-order valence-electron chi connectivity index (χ2n) is 3.39. The van der Waals surface area contributed by atoms with Crippen molar-refractivity contribution in [2.45, 2.75) is 12.5 Å². The molecule has 2 heteroatoms. The van der Waals surface area contributed by atoms with Crippen LogP contribution >= 0.6 is 0 Å². The Kier molecular flexibility index (Phi) is 2.95. The maximum absolute atomic E-state index is 5.62. The normalized spacial score (nSPS) is 22.9. The Bertz CT molecular complexity index is 242. The average molecular weight is 177 g/mol. The van der Waals surface area contributed by atoms with Crippen molar-refractivity contribution >= 4 is 0 Å². The Morgan fingerprint density at radius 3 is 2.85 bits per heavy atom. The molecule has 1 saturated heterocycles. The van der Waals surface area contributed by atoms with Gasteiger partial charge in [-0.15, -0.1) is 0 Å². The van der Waals surface area contributed by atoms with Crippen LogP contribution in [0.3, 0.4) is 0 Å². The van der Waals surface area contributed by atoms with Crippen molar-refractivity contribution in [3.05, 3.63) is 35.9 Å². The van der Waals surface area contributed by atoms with Crippen LogP contribution in [-0.4, -0.2) is 25.8 Å². The van der Waals surface area contributed by atoms with Gasteiger partial charge in [0.15, 0.2) is 0 Å². The summed E-state index contributed by atoms with van der Waals surface area (Å²) in [5.41, 5.74) is 1.36. The minimum absolute atomic E-state index is 0.358. The number of morpholine rings is 1. The van der Waals surface area contributed by atoms with Crippen molar-refractivity contribution in [3.8, 4) is 0 Å². The summed E-state index contributed by atoms with van der Waals surface area (Å²) in [6.07, 6.45) is 1.38. The van der Waals surface area contributed by atoms with Crippen LogP contribution in [0, 0.1) is 0 Å². The third kappa shape index (κ3) is 2.54. The van der Waals surface area contributed by atoms with Crippen LogP contribution in [0.25, 0.3) is 0 Å². The van der Waals surface area contributed by atoms with E-state index in [1.807, 2.05) is 6.07 Å². The van der Waals surface area contributed by atoms with Crippen molar-refractivity contribution < 1.29 is 4.74 Å². The van der Waals surface area contributed by atoms with E-state index in [0.717, 1.165) is 26.1 Å². The minimum Gasteiger partial charge on any atom is -0.375 e. The summed E-state index contributed by atoms with van der Waals surface area (Å²) in [6.45, 7) is 2.82. The first kappa shape index (κ1) is 8.73. The molecule has 1 N–H and O–H groups in total. The molecular formula is C11H15NO. The zero-order valence-corrected chi connectivity index (χ0v) is 7.70. The molecule has 2 rings (SSSR count). The Balaban J connectivity index is 1.90. The zero-order chi connectivity index (χ0) is 8.93. The van der Waals surface area contributed by atoms with Gasteiger partial charge in [0.1, 0.15) is 0 Å². The molecule has 0 amide bonds. The van der Waals surface area contributed by atoms with Gasteiger partial charge in [-0.2, -0.15) is 0 Å². The zero-order valence-electron chi connectivity index (χ0n) is 7.70. The van der Waals surface area contributed by atoms with Gasteiger partial charge in [-0.05, 0) is 12.0 Å². The Morgan fingerprint density at radius 2 is 2.15 bits per heavy atom. The Hall–Kier alpha value is -0.860. The number of ether oxygens (including phenoxy) is 1. The van der Waals surface area contributed by atoms with Gasteiger partial charge in [-0.1, -0.05) is 30.3 Å². The van der Waals surface area contributed by atoms with Crippen LogP contribution < -0.4 is 5.32 Å². The van der Waals surface area contributed by atoms with Gasteiger partial charge in [-0.3, -0.25) is 0 Å². The topological polar surface area (TPSA) is 21.3 Å². The first-order chi connectivity index (χ1) is 6.45. The van der Waals surface area contributed by atoms with E-state index in [1.54, 1.807) is 0 Å². The van der Waals surface area contributed by atoms with E-state index in [-0.39, 0.29) is 0 Å². The van der Waals surface area contributed by atoms with E-state index < -0.39 is 0 Å². The molecule has 1 aliphatic heterocycles. The molecule has 70 valence electrons. The highest BCUT2D eigenvalue weighted by molar-refractivity contribution is 5.15. The van der Waals surface area contributed by atoms with E-state index in [2.05, 4.69) is 29.6 Å². The predicted octanol–water partition coefficient (Wildman–Crippen LogP) is 1.22. The van der Waals surface area contributed by atoms with Gasteiger partial charge < -0.3 is 10.1 Å². The quantitative estimate of drug-likeness (QED) is 0.733. The highest BCUT2D eigenvalue weighted by Crippen LogP contribution is 2.06. The van der Waals surface area contributed by atoms with Gasteiger partial charge >= 0.3 is 0 Å². The van der Waals surface area contributed by atoms with Gasteiger partial charge in [0.05, 0.1) is 12.7 Å². The predicted molar refractivity (Wildman–Crippen MR) is 52.8 cm³/mol. The fourth-order valence-electron chi connectivity index (χ4n) is 1.63. The number of hydrogen-bond acceptors (Lipinski definition) is 2. The van der Waals surface area contributed by atoms with E-state index in [0.29, 0.717) is 6.10 Å². The standard InChI is InChI=1S/C11H15NO/c1-2-4-10(5-3-1)8-11-9-12-6-7-13-11/h1-5,11-12H,6-9H2. The molecule has 0 aliphatic carbocycles. The first-order valence-corrected chi connectivity index (χ1v) is 4.81. The van der Waals surface area contributed by atoms with Crippen molar-refractivity contribution in [3.63, 3.8) is 0 Å². The number of hydrogen-bond donors (Lipinski definition) is 1. The smallest absolute Gasteiger partial charge is 0.0740 e. The van der Waals surface area contributed by atoms with Crippen molar-refractivity contribution in [2.24, 2.45) is 0 Å².